The second-order valence-electron chi connectivity index (χ2n) is 7.51. The second-order valence-corrected chi connectivity index (χ2v) is 7.51. The van der Waals surface area contributed by atoms with Gasteiger partial charge in [0.25, 0.3) is 0 Å². The molecule has 0 bridgehead atoms. The molecular weight excluding hydrogens is 332 g/mol. The molecule has 3 heteroatoms. The average Bonchev–Trinajstić information content (AvgIpc) is 3.12. The first-order chi connectivity index (χ1) is 13.1. The third kappa shape index (κ3) is 3.88. The Hall–Kier alpha value is -2.65. The Balaban J connectivity index is 1.70. The number of pyridine rings is 1. The van der Waals surface area contributed by atoms with Crippen LogP contribution < -0.4 is 5.32 Å². The van der Waals surface area contributed by atoms with E-state index in [1.54, 1.807) is 0 Å². The van der Waals surface area contributed by atoms with Crippen LogP contribution in [0.3, 0.4) is 0 Å². The van der Waals surface area contributed by atoms with Gasteiger partial charge in [0, 0.05) is 29.2 Å². The van der Waals surface area contributed by atoms with E-state index < -0.39 is 0 Å². The molecule has 0 atom stereocenters. The number of aryl methyl sites for hydroxylation is 3. The molecule has 0 aliphatic heterocycles. The van der Waals surface area contributed by atoms with Crippen LogP contribution in [0.25, 0.3) is 11.3 Å². The van der Waals surface area contributed by atoms with E-state index >= 15 is 0 Å². The first kappa shape index (κ1) is 17.7. The van der Waals surface area contributed by atoms with Crippen molar-refractivity contribution >= 4 is 11.4 Å². The standard InChI is InChI=1S/C24H26N2O/c1-16-12-17(2)14-19(13-16)23-15-24(21-4-3-5-22(21)26-23)25-20-8-6-18(7-9-20)10-11-27/h6-9,12-15,27H,3-5,10-11H2,1-2H3,(H,25,26). The van der Waals surface area contributed by atoms with Crippen LogP contribution in [0.15, 0.2) is 48.5 Å². The van der Waals surface area contributed by atoms with Gasteiger partial charge in [0.05, 0.1) is 5.69 Å². The Kier molecular flexibility index (Phi) is 4.95. The van der Waals surface area contributed by atoms with Crippen LogP contribution in [0.1, 0.15) is 34.4 Å². The number of aromatic nitrogens is 1. The molecule has 27 heavy (non-hydrogen) atoms. The van der Waals surface area contributed by atoms with Gasteiger partial charge >= 0.3 is 0 Å². The van der Waals surface area contributed by atoms with Gasteiger partial charge in [-0.25, -0.2) is 0 Å². The molecule has 1 aliphatic rings. The monoisotopic (exact) mass is 358 g/mol. The van der Waals surface area contributed by atoms with Crippen LogP contribution >= 0.6 is 0 Å². The minimum atomic E-state index is 0.184. The van der Waals surface area contributed by atoms with Crippen LogP contribution in [0, 0.1) is 13.8 Å². The molecule has 1 aromatic heterocycles. The summed E-state index contributed by atoms with van der Waals surface area (Å²) < 4.78 is 0. The first-order valence-corrected chi connectivity index (χ1v) is 9.70. The van der Waals surface area contributed by atoms with Crippen molar-refractivity contribution in [2.45, 2.75) is 39.5 Å². The van der Waals surface area contributed by atoms with Gasteiger partial charge in [-0.05, 0) is 81.0 Å². The third-order valence-corrected chi connectivity index (χ3v) is 5.20. The Morgan fingerprint density at radius 2 is 1.70 bits per heavy atom. The number of aliphatic hydroxyl groups excluding tert-OH is 1. The van der Waals surface area contributed by atoms with Gasteiger partial charge in [0.15, 0.2) is 0 Å². The molecule has 2 aromatic carbocycles. The molecule has 0 saturated carbocycles. The smallest absolute Gasteiger partial charge is 0.0726 e. The Morgan fingerprint density at radius 1 is 0.963 bits per heavy atom. The van der Waals surface area contributed by atoms with Crippen molar-refractivity contribution in [3.05, 3.63) is 76.5 Å². The normalized spacial score (nSPS) is 12.9. The topological polar surface area (TPSA) is 45.1 Å². The van der Waals surface area contributed by atoms with E-state index in [2.05, 4.69) is 67.7 Å². The number of nitrogens with one attached hydrogen (secondary N) is 1. The van der Waals surface area contributed by atoms with Gasteiger partial charge in [-0.1, -0.05) is 29.3 Å². The van der Waals surface area contributed by atoms with Crippen molar-refractivity contribution in [3.8, 4) is 11.3 Å². The molecule has 138 valence electrons. The summed E-state index contributed by atoms with van der Waals surface area (Å²) in [6.45, 7) is 4.46. The van der Waals surface area contributed by atoms with Crippen LogP contribution in [-0.2, 0) is 19.3 Å². The van der Waals surface area contributed by atoms with E-state index in [1.807, 2.05) is 0 Å². The highest BCUT2D eigenvalue weighted by Crippen LogP contribution is 2.34. The highest BCUT2D eigenvalue weighted by Gasteiger charge is 2.19. The maximum Gasteiger partial charge on any atom is 0.0726 e. The van der Waals surface area contributed by atoms with E-state index in [-0.39, 0.29) is 6.61 Å². The summed E-state index contributed by atoms with van der Waals surface area (Å²) >= 11 is 0. The van der Waals surface area contributed by atoms with Crippen molar-refractivity contribution in [2.24, 2.45) is 0 Å². The number of hydrogen-bond donors (Lipinski definition) is 2. The molecule has 0 fully saturated rings. The fourth-order valence-electron chi connectivity index (χ4n) is 3.96. The Morgan fingerprint density at radius 3 is 2.41 bits per heavy atom. The highest BCUT2D eigenvalue weighted by molar-refractivity contribution is 5.72. The Bertz CT molecular complexity index is 941. The zero-order valence-electron chi connectivity index (χ0n) is 16.0. The number of rotatable bonds is 5. The molecule has 1 heterocycles. The summed E-state index contributed by atoms with van der Waals surface area (Å²) in [5, 5.41) is 12.7. The van der Waals surface area contributed by atoms with E-state index in [4.69, 9.17) is 10.1 Å². The maximum absolute atomic E-state index is 9.09. The predicted octanol–water partition coefficient (Wildman–Crippen LogP) is 5.13. The van der Waals surface area contributed by atoms with Gasteiger partial charge in [0.1, 0.15) is 0 Å². The minimum absolute atomic E-state index is 0.184. The fraction of sp³-hybridized carbons (Fsp3) is 0.292. The molecule has 0 saturated heterocycles. The highest BCUT2D eigenvalue weighted by atomic mass is 16.2. The Labute approximate surface area is 161 Å². The van der Waals surface area contributed by atoms with Crippen molar-refractivity contribution < 1.29 is 5.11 Å². The molecule has 3 nitrogen and oxygen atoms in total. The van der Waals surface area contributed by atoms with Crippen molar-refractivity contribution in [1.82, 2.24) is 4.98 Å². The molecular formula is C24H26N2O. The average molecular weight is 358 g/mol. The number of anilines is 2. The lowest BCUT2D eigenvalue weighted by atomic mass is 10.0. The SMILES string of the molecule is Cc1cc(C)cc(-c2cc(Nc3ccc(CCO)cc3)c3c(n2)CCC3)c1. The van der Waals surface area contributed by atoms with E-state index in [9.17, 15) is 0 Å². The lowest BCUT2D eigenvalue weighted by molar-refractivity contribution is 0.299. The summed E-state index contributed by atoms with van der Waals surface area (Å²) in [5.41, 5.74) is 10.7. The van der Waals surface area contributed by atoms with Gasteiger partial charge in [0.2, 0.25) is 0 Å². The molecule has 3 aromatic rings. The lowest BCUT2D eigenvalue weighted by Crippen LogP contribution is -2.00. The summed E-state index contributed by atoms with van der Waals surface area (Å²) in [6.07, 6.45) is 4.00. The summed E-state index contributed by atoms with van der Waals surface area (Å²) in [5.74, 6) is 0. The lowest BCUT2D eigenvalue weighted by Gasteiger charge is -2.15. The largest absolute Gasteiger partial charge is 0.396 e. The van der Waals surface area contributed by atoms with E-state index in [1.165, 1.54) is 40.1 Å². The van der Waals surface area contributed by atoms with Crippen LogP contribution in [0.4, 0.5) is 11.4 Å². The van der Waals surface area contributed by atoms with Crippen LogP contribution in [0.5, 0.6) is 0 Å². The van der Waals surface area contributed by atoms with Gasteiger partial charge in [-0.3, -0.25) is 4.98 Å². The fourth-order valence-corrected chi connectivity index (χ4v) is 3.96. The second kappa shape index (κ2) is 7.53. The van der Waals surface area contributed by atoms with Crippen LogP contribution in [0.2, 0.25) is 0 Å². The number of fused-ring (bicyclic) bond motifs is 1. The van der Waals surface area contributed by atoms with Crippen molar-refractivity contribution in [1.29, 1.82) is 0 Å². The summed E-state index contributed by atoms with van der Waals surface area (Å²) in [7, 11) is 0. The van der Waals surface area contributed by atoms with E-state index in [0.717, 1.165) is 29.8 Å². The minimum Gasteiger partial charge on any atom is -0.396 e. The van der Waals surface area contributed by atoms with Gasteiger partial charge < -0.3 is 10.4 Å². The predicted molar refractivity (Wildman–Crippen MR) is 112 cm³/mol. The van der Waals surface area contributed by atoms with Crippen molar-refractivity contribution in [2.75, 3.05) is 11.9 Å². The van der Waals surface area contributed by atoms with Gasteiger partial charge in [-0.2, -0.15) is 0 Å². The molecule has 2 N–H and O–H groups in total. The number of benzene rings is 2. The number of hydrogen-bond acceptors (Lipinski definition) is 3. The number of aliphatic hydroxyl groups is 1. The zero-order chi connectivity index (χ0) is 18.8. The third-order valence-electron chi connectivity index (χ3n) is 5.20. The molecule has 0 unspecified atom stereocenters. The quantitative estimate of drug-likeness (QED) is 0.664. The molecule has 0 radical (unpaired) electrons. The van der Waals surface area contributed by atoms with Crippen LogP contribution in [-0.4, -0.2) is 16.7 Å². The molecule has 0 spiro atoms. The number of nitrogens with zero attached hydrogens (tertiary/aromatic N) is 1. The van der Waals surface area contributed by atoms with Crippen molar-refractivity contribution in [3.63, 3.8) is 0 Å². The first-order valence-electron chi connectivity index (χ1n) is 9.70. The zero-order valence-corrected chi connectivity index (χ0v) is 16.0. The maximum atomic E-state index is 9.09. The van der Waals surface area contributed by atoms with E-state index in [0.29, 0.717) is 6.42 Å². The van der Waals surface area contributed by atoms with Gasteiger partial charge in [-0.15, -0.1) is 0 Å². The summed E-state index contributed by atoms with van der Waals surface area (Å²) in [6, 6.07) is 17.1. The molecule has 0 amide bonds. The summed E-state index contributed by atoms with van der Waals surface area (Å²) in [4.78, 5) is 4.98. The molecule has 1 aliphatic carbocycles. The molecule has 4 rings (SSSR count).